The van der Waals surface area contributed by atoms with Crippen LogP contribution in [0.5, 0.6) is 0 Å². The number of hydrogen-bond acceptors (Lipinski definition) is 8. The molecule has 2 heterocycles. The molecule has 39 heavy (non-hydrogen) atoms. The van der Waals surface area contributed by atoms with Crippen LogP contribution < -0.4 is 21.4 Å². The summed E-state index contributed by atoms with van der Waals surface area (Å²) >= 11 is 0. The zero-order valence-corrected chi connectivity index (χ0v) is 24.2. The lowest BCUT2D eigenvalue weighted by molar-refractivity contribution is -0.885. The molecule has 0 spiro atoms. The van der Waals surface area contributed by atoms with Crippen molar-refractivity contribution < 1.29 is 25.0 Å². The Morgan fingerprint density at radius 3 is 2.31 bits per heavy atom. The van der Waals surface area contributed by atoms with E-state index in [-0.39, 0.29) is 17.6 Å². The van der Waals surface area contributed by atoms with Crippen LogP contribution >= 0.6 is 0 Å². The molecule has 11 nitrogen and oxygen atoms in total. The number of carbonyl (C=O) groups excluding carboxylic acids is 2. The lowest BCUT2D eigenvalue weighted by Crippen LogP contribution is -2.82. The Kier molecular flexibility index (Phi) is 12.4. The SMILES string of the molecule is CCC.CCN(CC[NH2+]O)c1cnc(C(N)=O)c(Nc2ccc(C3CCN(C(=O)OC(C)(C)C)CC3)cc2)n1. The van der Waals surface area contributed by atoms with Crippen LogP contribution in [0.1, 0.15) is 82.8 Å². The summed E-state index contributed by atoms with van der Waals surface area (Å²) in [4.78, 5) is 36.8. The number of rotatable bonds is 9. The summed E-state index contributed by atoms with van der Waals surface area (Å²) < 4.78 is 5.49. The Balaban J connectivity index is 0.00000170. The average molecular weight is 545 g/mol. The van der Waals surface area contributed by atoms with E-state index in [0.717, 1.165) is 24.0 Å². The fraction of sp³-hybridized carbons (Fsp3) is 0.571. The van der Waals surface area contributed by atoms with Crippen molar-refractivity contribution in [1.29, 1.82) is 0 Å². The fourth-order valence-corrected chi connectivity index (χ4v) is 4.15. The number of hydroxylamine groups is 1. The van der Waals surface area contributed by atoms with Crippen LogP contribution in [0.2, 0.25) is 0 Å². The van der Waals surface area contributed by atoms with Gasteiger partial charge in [-0.25, -0.2) is 25.4 Å². The Hall–Kier alpha value is -3.44. The third-order valence-corrected chi connectivity index (χ3v) is 6.02. The molecule has 0 atom stereocenters. The number of nitrogens with one attached hydrogen (secondary N) is 1. The van der Waals surface area contributed by atoms with E-state index in [4.69, 9.17) is 15.7 Å². The van der Waals surface area contributed by atoms with Gasteiger partial charge >= 0.3 is 6.09 Å². The van der Waals surface area contributed by atoms with E-state index in [1.54, 1.807) is 4.90 Å². The first-order chi connectivity index (χ1) is 18.5. The smallest absolute Gasteiger partial charge is 0.410 e. The minimum atomic E-state index is -0.670. The Morgan fingerprint density at radius 1 is 1.18 bits per heavy atom. The van der Waals surface area contributed by atoms with Gasteiger partial charge in [-0.2, -0.15) is 0 Å². The molecule has 216 valence electrons. The van der Waals surface area contributed by atoms with Crippen molar-refractivity contribution in [2.24, 2.45) is 5.73 Å². The highest BCUT2D eigenvalue weighted by atomic mass is 16.6. The van der Waals surface area contributed by atoms with Crippen molar-refractivity contribution in [2.75, 3.05) is 42.9 Å². The zero-order chi connectivity index (χ0) is 29.0. The molecule has 0 bridgehead atoms. The van der Waals surface area contributed by atoms with Gasteiger partial charge in [0.05, 0.1) is 12.7 Å². The number of anilines is 3. The van der Waals surface area contributed by atoms with Crippen LogP contribution in [-0.4, -0.2) is 70.4 Å². The van der Waals surface area contributed by atoms with Crippen molar-refractivity contribution >= 4 is 29.3 Å². The van der Waals surface area contributed by atoms with E-state index >= 15 is 0 Å². The number of hydrogen-bond donors (Lipinski definition) is 4. The molecule has 0 radical (unpaired) electrons. The number of nitrogens with two attached hydrogens (primary N) is 2. The summed E-state index contributed by atoms with van der Waals surface area (Å²) in [5.41, 5.74) is 8.14. The minimum absolute atomic E-state index is 0.0575. The second-order valence-corrected chi connectivity index (χ2v) is 10.5. The number of amides is 2. The van der Waals surface area contributed by atoms with Gasteiger partial charge in [-0.15, -0.1) is 0 Å². The second-order valence-electron chi connectivity index (χ2n) is 10.5. The van der Waals surface area contributed by atoms with Crippen molar-refractivity contribution in [3.05, 3.63) is 41.7 Å². The molecule has 1 saturated heterocycles. The largest absolute Gasteiger partial charge is 0.444 e. The average Bonchev–Trinajstić information content (AvgIpc) is 2.89. The van der Waals surface area contributed by atoms with Gasteiger partial charge in [0.25, 0.3) is 5.91 Å². The minimum Gasteiger partial charge on any atom is -0.444 e. The maximum atomic E-state index is 12.3. The molecule has 11 heteroatoms. The quantitative estimate of drug-likeness (QED) is 0.350. The van der Waals surface area contributed by atoms with Crippen molar-refractivity contribution in [2.45, 2.75) is 72.3 Å². The van der Waals surface area contributed by atoms with Gasteiger partial charge in [0, 0.05) is 25.3 Å². The van der Waals surface area contributed by atoms with E-state index in [0.29, 0.717) is 44.5 Å². The number of likely N-dealkylation sites (N-methyl/N-ethyl adjacent to an activating group) is 1. The monoisotopic (exact) mass is 544 g/mol. The van der Waals surface area contributed by atoms with E-state index in [1.807, 2.05) is 56.9 Å². The summed E-state index contributed by atoms with van der Waals surface area (Å²) in [5.74, 6) is 0.546. The first-order valence-corrected chi connectivity index (χ1v) is 13.7. The summed E-state index contributed by atoms with van der Waals surface area (Å²) in [5, 5.41) is 12.2. The highest BCUT2D eigenvalue weighted by molar-refractivity contribution is 5.96. The van der Waals surface area contributed by atoms with Crippen LogP contribution in [0.15, 0.2) is 30.5 Å². The van der Waals surface area contributed by atoms with Crippen LogP contribution in [0.3, 0.4) is 0 Å². The molecule has 0 saturated carbocycles. The van der Waals surface area contributed by atoms with E-state index in [2.05, 4.69) is 29.1 Å². The predicted molar refractivity (Wildman–Crippen MR) is 152 cm³/mol. The molecule has 0 unspecified atom stereocenters. The van der Waals surface area contributed by atoms with Crippen molar-refractivity contribution in [3.63, 3.8) is 0 Å². The van der Waals surface area contributed by atoms with Crippen molar-refractivity contribution in [3.8, 4) is 0 Å². The fourth-order valence-electron chi connectivity index (χ4n) is 4.15. The molecule has 1 aliphatic rings. The third-order valence-electron chi connectivity index (χ3n) is 6.02. The molecule has 3 rings (SSSR count). The lowest BCUT2D eigenvalue weighted by Gasteiger charge is -2.33. The third kappa shape index (κ3) is 9.99. The number of primary amides is 1. The first kappa shape index (κ1) is 31.8. The lowest BCUT2D eigenvalue weighted by atomic mass is 9.89. The van der Waals surface area contributed by atoms with Gasteiger partial charge < -0.3 is 25.6 Å². The van der Waals surface area contributed by atoms with Crippen molar-refractivity contribution in [1.82, 2.24) is 14.9 Å². The number of aromatic nitrogens is 2. The molecule has 0 aliphatic carbocycles. The summed E-state index contributed by atoms with van der Waals surface area (Å²) in [7, 11) is 0. The molecule has 1 aromatic heterocycles. The van der Waals surface area contributed by atoms with Crippen LogP contribution in [0.25, 0.3) is 0 Å². The molecule has 1 aromatic carbocycles. The summed E-state index contributed by atoms with van der Waals surface area (Å²) in [6.07, 6.45) is 4.23. The van der Waals surface area contributed by atoms with Gasteiger partial charge in [-0.1, -0.05) is 32.4 Å². The van der Waals surface area contributed by atoms with Gasteiger partial charge in [0.1, 0.15) is 18.0 Å². The van der Waals surface area contributed by atoms with Gasteiger partial charge in [0.15, 0.2) is 11.5 Å². The maximum absolute atomic E-state index is 12.3. The van der Waals surface area contributed by atoms with Crippen LogP contribution in [-0.2, 0) is 4.74 Å². The molecular formula is C28H46N7O4+. The molecule has 1 fully saturated rings. The highest BCUT2D eigenvalue weighted by Gasteiger charge is 2.27. The topological polar surface area (TPSA) is 151 Å². The van der Waals surface area contributed by atoms with Crippen LogP contribution in [0, 0.1) is 0 Å². The Bertz CT molecular complexity index is 1050. The van der Waals surface area contributed by atoms with E-state index in [9.17, 15) is 9.59 Å². The Morgan fingerprint density at radius 2 is 1.79 bits per heavy atom. The molecule has 1 aliphatic heterocycles. The predicted octanol–water partition coefficient (Wildman–Crippen LogP) is 3.63. The zero-order valence-electron chi connectivity index (χ0n) is 24.2. The Labute approximate surface area is 232 Å². The molecule has 6 N–H and O–H groups in total. The molecular weight excluding hydrogens is 498 g/mol. The number of nitrogens with zero attached hydrogens (tertiary/aromatic N) is 4. The van der Waals surface area contributed by atoms with Gasteiger partial charge in [-0.3, -0.25) is 4.79 Å². The first-order valence-electron chi connectivity index (χ1n) is 13.7. The number of piperidine rings is 1. The number of carbonyl (C=O) groups is 2. The normalized spacial score (nSPS) is 13.8. The van der Waals surface area contributed by atoms with E-state index < -0.39 is 11.5 Å². The highest BCUT2D eigenvalue weighted by Crippen LogP contribution is 2.30. The number of benzene rings is 1. The number of ether oxygens (including phenoxy) is 1. The van der Waals surface area contributed by atoms with Gasteiger partial charge in [0.2, 0.25) is 0 Å². The second kappa shape index (κ2) is 15.2. The summed E-state index contributed by atoms with van der Waals surface area (Å²) in [6.45, 7) is 14.9. The van der Waals surface area contributed by atoms with Crippen LogP contribution in [0.4, 0.5) is 22.1 Å². The maximum Gasteiger partial charge on any atom is 0.410 e. The number of quaternary nitrogens is 1. The standard InChI is InChI=1S/C25H37N7O4.C3H8/c1-5-31(15-12-28-35)20-16-27-21(22(26)33)23(30-20)29-19-8-6-17(7-9-19)18-10-13-32(14-11-18)24(34)36-25(2,3)4;1-3-2/h6-9,16,18,28,35H,5,10-15H2,1-4H3,(H2,26,33)(H,29,30);3H2,1-2H3/p+1. The van der Waals surface area contributed by atoms with Gasteiger partial charge in [-0.05, 0) is 64.2 Å². The molecule has 2 amide bonds. The summed E-state index contributed by atoms with van der Waals surface area (Å²) in [6, 6.07) is 7.97. The molecule has 2 aromatic rings. The number of likely N-dealkylation sites (tertiary alicyclic amines) is 1. The van der Waals surface area contributed by atoms with E-state index in [1.165, 1.54) is 18.2 Å².